The van der Waals surface area contributed by atoms with Crippen molar-refractivity contribution in [1.82, 2.24) is 0 Å². The van der Waals surface area contributed by atoms with Gasteiger partial charge in [0.2, 0.25) is 0 Å². The Balaban J connectivity index is -0.000000500. The zero-order valence-corrected chi connectivity index (χ0v) is 58.6. The number of benzene rings is 4. The number of hydrogen-bond acceptors (Lipinski definition) is 12. The van der Waals surface area contributed by atoms with E-state index in [9.17, 15) is 40.9 Å². The Morgan fingerprint density at radius 3 is 0.512 bits per heavy atom. The average molecular weight is 1360 g/mol. The van der Waals surface area contributed by atoms with E-state index in [1.165, 1.54) is 0 Å². The van der Waals surface area contributed by atoms with Gasteiger partial charge in [0.05, 0.1) is 0 Å². The normalized spacial score (nSPS) is 12.5. The van der Waals surface area contributed by atoms with E-state index in [-0.39, 0.29) is 187 Å². The molecule has 4 aromatic carbocycles. The molecule has 0 spiro atoms. The molecule has 4 radical (unpaired) electrons. The summed E-state index contributed by atoms with van der Waals surface area (Å²) in [6.45, 7) is 49.7. The van der Waals surface area contributed by atoms with Crippen LogP contribution in [0.1, 0.15) is 233 Å². The van der Waals surface area contributed by atoms with Crippen molar-refractivity contribution in [3.8, 4) is 23.0 Å². The molecule has 0 heterocycles. The SMILES string of the molecule is CC(C)(C)c1cc(C=NCC[O-])c([O-])c(C(C)(C)C)c1.CC(C)(C)c1cc(C=NCC[O-])c([O-])c(C(C)(C)C)c1.CC(C)(C)c1cc(C=NCC[O-])c([O-])c(C(C)(C)C)c1.CC(C)(C)c1cc(C=NCC[O-])c([O-])c(C(C)(C)C)c1.[Cu+2].[Cu+2].[Cu+2].[Cu+2]. The topological polar surface area (TPSA) is 234 Å². The second-order valence-corrected chi connectivity index (χ2v) is 28.7. The third-order valence-electron chi connectivity index (χ3n) is 13.0. The smallest absolute Gasteiger partial charge is 0.872 e. The van der Waals surface area contributed by atoms with E-state index in [0.717, 1.165) is 44.5 Å². The Kier molecular flexibility index (Phi) is 37.6. The minimum Gasteiger partial charge on any atom is -0.872 e. The van der Waals surface area contributed by atoms with Crippen molar-refractivity contribution in [3.63, 3.8) is 0 Å². The summed E-state index contributed by atoms with van der Waals surface area (Å²) in [7, 11) is 0. The van der Waals surface area contributed by atoms with Gasteiger partial charge in [-0.25, -0.2) is 0 Å². The Hall–Kier alpha value is -3.32. The number of rotatable bonds is 12. The molecule has 0 saturated carbocycles. The Bertz CT molecular complexity index is 2360. The largest absolute Gasteiger partial charge is 2.00 e. The van der Waals surface area contributed by atoms with Crippen LogP contribution in [-0.4, -0.2) is 77.5 Å². The van der Waals surface area contributed by atoms with Crippen molar-refractivity contribution in [2.45, 2.75) is 209 Å². The molecule has 0 N–H and O–H groups in total. The van der Waals surface area contributed by atoms with Gasteiger partial charge < -0.3 is 40.9 Å². The van der Waals surface area contributed by atoms with Crippen LogP contribution in [0.25, 0.3) is 0 Å². The molecular formula is C68H100Cu4N4O8. The molecule has 0 amide bonds. The molecule has 16 heteroatoms. The van der Waals surface area contributed by atoms with E-state index in [1.807, 2.05) is 132 Å². The number of nitrogens with zero attached hydrogens (tertiary/aromatic N) is 4. The molecule has 0 atom stereocenters. The minimum absolute atomic E-state index is 0. The molecule has 4 rings (SSSR count). The summed E-state index contributed by atoms with van der Waals surface area (Å²) in [5.74, 6) is 0.0561. The van der Waals surface area contributed by atoms with Gasteiger partial charge in [-0.1, -0.05) is 238 Å². The Morgan fingerprint density at radius 1 is 0.262 bits per heavy atom. The van der Waals surface area contributed by atoms with Crippen LogP contribution in [0.5, 0.6) is 23.0 Å². The van der Waals surface area contributed by atoms with Gasteiger partial charge >= 0.3 is 68.3 Å². The first-order valence-electron chi connectivity index (χ1n) is 28.0. The molecule has 84 heavy (non-hydrogen) atoms. The van der Waals surface area contributed by atoms with E-state index < -0.39 is 0 Å². The van der Waals surface area contributed by atoms with Gasteiger partial charge in [0.25, 0.3) is 0 Å². The van der Waals surface area contributed by atoms with Gasteiger partial charge in [0, 0.05) is 51.0 Å². The van der Waals surface area contributed by atoms with Crippen LogP contribution in [0.4, 0.5) is 0 Å². The van der Waals surface area contributed by atoms with E-state index in [0.29, 0.717) is 22.3 Å². The van der Waals surface area contributed by atoms with Crippen LogP contribution in [-0.2, 0) is 112 Å². The maximum absolute atomic E-state index is 12.5. The standard InChI is InChI=1S/4C17H26NO2.4Cu/c4*1-16(2,3)13-9-12(11-18-7-8-19)15(20)14(10-13)17(4,5)6;;;;/h4*9-11,20H,7-8H2,1-6H3;;;;/q4*-1;4*+2/p-4. The molecule has 4 aromatic rings. The van der Waals surface area contributed by atoms with E-state index in [4.69, 9.17) is 0 Å². The molecule has 0 unspecified atom stereocenters. The van der Waals surface area contributed by atoms with E-state index in [1.54, 1.807) is 24.9 Å². The van der Waals surface area contributed by atoms with Crippen LogP contribution in [0, 0.1) is 0 Å². The van der Waals surface area contributed by atoms with Gasteiger partial charge in [-0.05, 0) is 110 Å². The van der Waals surface area contributed by atoms with Crippen LogP contribution in [0.15, 0.2) is 68.5 Å². The molecule has 0 aliphatic heterocycles. The monoisotopic (exact) mass is 1350 g/mol. The van der Waals surface area contributed by atoms with Gasteiger partial charge in [0.1, 0.15) is 0 Å². The van der Waals surface area contributed by atoms with Crippen LogP contribution in [0.3, 0.4) is 0 Å². The van der Waals surface area contributed by atoms with Crippen LogP contribution in [0.2, 0.25) is 0 Å². The summed E-state index contributed by atoms with van der Waals surface area (Å²) in [5, 5.41) is 91.9. The fourth-order valence-electron chi connectivity index (χ4n) is 7.81. The third kappa shape index (κ3) is 28.7. The molecule has 0 bridgehead atoms. The zero-order chi connectivity index (χ0) is 62.2. The van der Waals surface area contributed by atoms with E-state index in [2.05, 4.69) is 103 Å². The van der Waals surface area contributed by atoms with Gasteiger partial charge in [-0.15, -0.1) is 26.4 Å². The first kappa shape index (κ1) is 87.1. The number of aliphatic imine (C=N–C) groups is 4. The Morgan fingerprint density at radius 2 is 0.405 bits per heavy atom. The fourth-order valence-corrected chi connectivity index (χ4v) is 7.81. The first-order chi connectivity index (χ1) is 36.3. The minimum atomic E-state index is -0.254. The maximum Gasteiger partial charge on any atom is 2.00 e. The third-order valence-corrected chi connectivity index (χ3v) is 13.0. The van der Waals surface area contributed by atoms with Crippen molar-refractivity contribution >= 4 is 24.9 Å². The van der Waals surface area contributed by atoms with Gasteiger partial charge in [-0.2, -0.15) is 0 Å². The van der Waals surface area contributed by atoms with Crippen molar-refractivity contribution in [2.24, 2.45) is 20.0 Å². The molecule has 0 saturated heterocycles. The summed E-state index contributed by atoms with van der Waals surface area (Å²) in [6.07, 6.45) is 6.19. The zero-order valence-electron chi connectivity index (χ0n) is 54.8. The van der Waals surface area contributed by atoms with Crippen molar-refractivity contribution in [2.75, 3.05) is 52.6 Å². The van der Waals surface area contributed by atoms with Crippen molar-refractivity contribution < 1.29 is 109 Å². The fraction of sp³-hybridized carbons (Fsp3) is 0.588. The van der Waals surface area contributed by atoms with Gasteiger partial charge in [-0.3, -0.25) is 20.0 Å². The molecule has 0 aromatic heterocycles. The Labute approximate surface area is 550 Å². The van der Waals surface area contributed by atoms with Crippen LogP contribution < -0.4 is 40.9 Å². The maximum atomic E-state index is 12.5. The second kappa shape index (κ2) is 36.2. The van der Waals surface area contributed by atoms with Gasteiger partial charge in [0.15, 0.2) is 0 Å². The quantitative estimate of drug-likeness (QED) is 0.0982. The average Bonchev–Trinajstić information content (AvgIpc) is 3.29. The summed E-state index contributed by atoms with van der Waals surface area (Å²) in [4.78, 5) is 16.1. The first-order valence-corrected chi connectivity index (χ1v) is 28.0. The predicted octanol–water partition coefficient (Wildman–Crippen LogP) is 8.53. The molecule has 0 aliphatic carbocycles. The summed E-state index contributed by atoms with van der Waals surface area (Å²) in [6, 6.07) is 15.6. The van der Waals surface area contributed by atoms with Crippen molar-refractivity contribution in [1.29, 1.82) is 0 Å². The second-order valence-electron chi connectivity index (χ2n) is 28.7. The molecular weight excluding hydrogens is 1250 g/mol. The van der Waals surface area contributed by atoms with Crippen LogP contribution >= 0.6 is 0 Å². The number of hydrogen-bond donors (Lipinski definition) is 0. The molecule has 484 valence electrons. The van der Waals surface area contributed by atoms with E-state index >= 15 is 0 Å². The van der Waals surface area contributed by atoms with Crippen molar-refractivity contribution in [3.05, 3.63) is 115 Å². The summed E-state index contributed by atoms with van der Waals surface area (Å²) in [5.41, 5.74) is 9.01. The molecule has 0 aliphatic rings. The molecule has 0 fully saturated rings. The molecule has 12 nitrogen and oxygen atoms in total. The summed E-state index contributed by atoms with van der Waals surface area (Å²) < 4.78 is 0. The predicted molar refractivity (Wildman–Crippen MR) is 322 cm³/mol. The summed E-state index contributed by atoms with van der Waals surface area (Å²) >= 11 is 0.